The van der Waals surface area contributed by atoms with E-state index < -0.39 is 151 Å². The van der Waals surface area contributed by atoms with Gasteiger partial charge in [-0.3, -0.25) is 57.7 Å². The Morgan fingerprint density at radius 2 is 0.842 bits per heavy atom. The molecule has 0 aliphatic carbocycles. The Bertz CT molecular complexity index is 2000. The van der Waals surface area contributed by atoms with Crippen molar-refractivity contribution in [3.8, 4) is 0 Å². The van der Waals surface area contributed by atoms with Gasteiger partial charge in [-0.15, -0.1) is 0 Å². The van der Waals surface area contributed by atoms with Crippen LogP contribution in [0.25, 0.3) is 0 Å². The molecule has 10 amide bonds. The van der Waals surface area contributed by atoms with Crippen LogP contribution < -0.4 is 76.5 Å². The molecule has 0 aliphatic rings. The van der Waals surface area contributed by atoms with Crippen molar-refractivity contribution in [2.45, 2.75) is 178 Å². The zero-order chi connectivity index (χ0) is 58.6. The Morgan fingerprint density at radius 3 is 1.28 bits per heavy atom. The second-order valence-electron chi connectivity index (χ2n) is 19.8. The van der Waals surface area contributed by atoms with E-state index in [0.29, 0.717) is 43.3 Å². The van der Waals surface area contributed by atoms with E-state index in [-0.39, 0.29) is 38.2 Å². The minimum Gasteiger partial charge on any atom is -0.480 e. The number of hydrogen-bond donors (Lipinski definition) is 17. The molecule has 12 atom stereocenters. The van der Waals surface area contributed by atoms with Gasteiger partial charge in [0.15, 0.2) is 5.96 Å². The number of aliphatic hydroxyl groups excluding tert-OH is 2. The Kier molecular flexibility index (Phi) is 31.6. The number of hydrogen-bond acceptors (Lipinski definition) is 16. The number of primary amides is 1. The predicted molar refractivity (Wildman–Crippen MR) is 277 cm³/mol. The van der Waals surface area contributed by atoms with E-state index in [1.54, 1.807) is 0 Å². The van der Waals surface area contributed by atoms with Gasteiger partial charge in [0.1, 0.15) is 54.4 Å². The molecule has 0 heterocycles. The van der Waals surface area contributed by atoms with E-state index in [4.69, 9.17) is 28.7 Å². The van der Waals surface area contributed by atoms with Crippen LogP contribution >= 0.6 is 0 Å². The third-order valence-corrected chi connectivity index (χ3v) is 11.4. The first-order chi connectivity index (χ1) is 35.2. The topological polar surface area (TPSA) is 499 Å². The normalized spacial score (nSPS) is 16.0. The third kappa shape index (κ3) is 28.2. The highest BCUT2D eigenvalue weighted by molar-refractivity contribution is 5.98. The minimum absolute atomic E-state index is 0.0205. The molecule has 0 aliphatic heterocycles. The lowest BCUT2D eigenvalue weighted by Gasteiger charge is -2.29. The largest absolute Gasteiger partial charge is 0.480 e. The Balaban J connectivity index is 6.48. The van der Waals surface area contributed by atoms with E-state index in [9.17, 15) is 68.1 Å². The molecule has 0 radical (unpaired) electrons. The molecule has 0 rings (SSSR count). The summed E-state index contributed by atoms with van der Waals surface area (Å²) in [6, 6.07) is -14.1. The van der Waals surface area contributed by atoms with Gasteiger partial charge in [0.05, 0.1) is 45.9 Å². The number of amides is 10. The lowest BCUT2D eigenvalue weighted by Crippen LogP contribution is -2.62. The van der Waals surface area contributed by atoms with E-state index in [1.165, 1.54) is 34.6 Å². The fraction of sp³-hybridized carbons (Fsp3) is 0.739. The van der Waals surface area contributed by atoms with Crippen LogP contribution in [-0.4, -0.2) is 204 Å². The number of rotatable bonds is 37. The van der Waals surface area contributed by atoms with Crippen LogP contribution in [0.4, 0.5) is 0 Å². The summed E-state index contributed by atoms with van der Waals surface area (Å²) >= 11 is 0. The third-order valence-electron chi connectivity index (χ3n) is 11.4. The van der Waals surface area contributed by atoms with Crippen molar-refractivity contribution < 1.29 is 72.5 Å². The zero-order valence-corrected chi connectivity index (χ0v) is 45.2. The van der Waals surface area contributed by atoms with Gasteiger partial charge in [-0.25, -0.2) is 0 Å². The number of carboxylic acid groups (broad SMARTS) is 1. The maximum absolute atomic E-state index is 14.1. The highest BCUT2D eigenvalue weighted by Gasteiger charge is 2.36. The van der Waals surface area contributed by atoms with Crippen LogP contribution in [0, 0.1) is 0 Å². The van der Waals surface area contributed by atoms with E-state index in [1.807, 2.05) is 21.1 Å². The number of carbonyl (C=O) groups excluding carboxylic acids is 10. The Hall–Kier alpha value is -6.76. The van der Waals surface area contributed by atoms with Gasteiger partial charge in [0.25, 0.3) is 0 Å². The highest BCUT2D eigenvalue weighted by Crippen LogP contribution is 2.10. The summed E-state index contributed by atoms with van der Waals surface area (Å²) in [5.41, 5.74) is 27.4. The quantitative estimate of drug-likeness (QED) is 0.0119. The van der Waals surface area contributed by atoms with Gasteiger partial charge in [0.2, 0.25) is 59.1 Å². The van der Waals surface area contributed by atoms with Crippen molar-refractivity contribution in [2.24, 2.45) is 33.7 Å². The van der Waals surface area contributed by atoms with Crippen molar-refractivity contribution in [3.05, 3.63) is 0 Å². The van der Waals surface area contributed by atoms with Crippen molar-refractivity contribution in [2.75, 3.05) is 40.8 Å². The molecule has 0 aromatic rings. The standard InChI is InChI=1S/C46H86N16O14/c1-23(48)36(66)56-31(17-14-21-52-46(50)51)41(71)61-35(28(6)64)44(74)59-30(16-11-13-22-62(7,8)9)40(70)58-32(18-19-33(49)65)42(72)60-34(27(5)63)43(73)54-24(2)37(67)53-25(3)38(68)57-29(15-10-12-20-47)39(69)55-26(4)45(75)76/h23-32,34-35,63-64H,10-22,47-48H2,1-9H3,(H15-,49,50,51,52,53,54,55,56,57,58,59,60,61,65,66,67,68,69,70,71,72,73,74,75,76)/p+1/t23-,24-,25-,26-,27+,28+,29-,30-,31-,32-,34-,35-/m0/s1. The number of nitrogens with zero attached hydrogens (tertiary/aromatic N) is 2. The van der Waals surface area contributed by atoms with Crippen LogP contribution in [0.2, 0.25) is 0 Å². The number of aliphatic imine (C=N–C) groups is 1. The minimum atomic E-state index is -1.80. The van der Waals surface area contributed by atoms with Crippen LogP contribution in [0.5, 0.6) is 0 Å². The van der Waals surface area contributed by atoms with Gasteiger partial charge < -0.3 is 96.3 Å². The first-order valence-corrected chi connectivity index (χ1v) is 25.1. The molecule has 0 saturated carbocycles. The number of aliphatic hydroxyl groups is 2. The number of aliphatic carboxylic acids is 1. The maximum atomic E-state index is 14.1. The average molecular weight is 1090 g/mol. The predicted octanol–water partition coefficient (Wildman–Crippen LogP) is -7.07. The van der Waals surface area contributed by atoms with Crippen molar-refractivity contribution in [3.63, 3.8) is 0 Å². The lowest BCUT2D eigenvalue weighted by molar-refractivity contribution is -0.870. The summed E-state index contributed by atoms with van der Waals surface area (Å²) < 4.78 is 0.551. The summed E-state index contributed by atoms with van der Waals surface area (Å²) in [5, 5.41) is 52.3. The molecule has 0 aromatic carbocycles. The van der Waals surface area contributed by atoms with Crippen molar-refractivity contribution in [1.29, 1.82) is 0 Å². The molecule has 0 unspecified atom stereocenters. The van der Waals surface area contributed by atoms with Crippen LogP contribution in [0.3, 0.4) is 0 Å². The molecular formula is C46H87N16O14+. The highest BCUT2D eigenvalue weighted by atomic mass is 16.4. The van der Waals surface area contributed by atoms with Crippen molar-refractivity contribution in [1.82, 2.24) is 47.9 Å². The summed E-state index contributed by atoms with van der Waals surface area (Å²) in [7, 11) is 5.82. The summed E-state index contributed by atoms with van der Waals surface area (Å²) in [4.78, 5) is 148. The Morgan fingerprint density at radius 1 is 0.474 bits per heavy atom. The first-order valence-electron chi connectivity index (χ1n) is 25.1. The maximum Gasteiger partial charge on any atom is 0.325 e. The fourth-order valence-electron chi connectivity index (χ4n) is 6.89. The number of carboxylic acids is 1. The van der Waals surface area contributed by atoms with Gasteiger partial charge in [-0.1, -0.05) is 0 Å². The number of quaternary nitrogens is 1. The second-order valence-corrected chi connectivity index (χ2v) is 19.8. The SMILES string of the molecule is C[C@H](N)C(=O)N[C@@H](CCCN=C(N)N)C(=O)N[C@H](C(=O)N[C@@H](CCCC[N+](C)(C)C)C(=O)N[C@@H](CCC(N)=O)C(=O)N[C@H](C(=O)N[C@@H](C)C(=O)N[C@@H](C)C(=O)N[C@@H](CCCCN)C(=O)N[C@@H](C)C(=O)O)[C@@H](C)O)[C@@H](C)O. The summed E-state index contributed by atoms with van der Waals surface area (Å²) in [5.74, 6) is -10.7. The number of unbranched alkanes of at least 4 members (excludes halogenated alkanes) is 2. The number of guanidine groups is 1. The number of nitrogens with one attached hydrogen (secondary N) is 9. The van der Waals surface area contributed by atoms with E-state index >= 15 is 0 Å². The van der Waals surface area contributed by atoms with Crippen LogP contribution in [-0.2, 0) is 52.7 Å². The lowest BCUT2D eigenvalue weighted by atomic mass is 10.0. The molecule has 434 valence electrons. The second kappa shape index (κ2) is 34.7. The van der Waals surface area contributed by atoms with Gasteiger partial charge in [0, 0.05) is 13.0 Å². The molecule has 30 nitrogen and oxygen atoms in total. The Labute approximate surface area is 443 Å². The smallest absolute Gasteiger partial charge is 0.325 e. The monoisotopic (exact) mass is 1090 g/mol. The first kappa shape index (κ1) is 69.2. The molecule has 30 heteroatoms. The fourth-order valence-corrected chi connectivity index (χ4v) is 6.89. The molecule has 76 heavy (non-hydrogen) atoms. The van der Waals surface area contributed by atoms with Gasteiger partial charge in [-0.05, 0) is 106 Å². The molecule has 0 saturated heterocycles. The van der Waals surface area contributed by atoms with Gasteiger partial charge in [-0.2, -0.15) is 0 Å². The molecule has 22 N–H and O–H groups in total. The van der Waals surface area contributed by atoms with Gasteiger partial charge >= 0.3 is 5.97 Å². The summed E-state index contributed by atoms with van der Waals surface area (Å²) in [6.45, 7) is 8.48. The molecule has 0 bridgehead atoms. The molecule has 0 spiro atoms. The number of carbonyl (C=O) groups is 11. The average Bonchev–Trinajstić information content (AvgIpc) is 3.31. The molecular weight excluding hydrogens is 1000 g/mol. The molecule has 0 fully saturated rings. The zero-order valence-electron chi connectivity index (χ0n) is 45.2. The van der Waals surface area contributed by atoms with Crippen molar-refractivity contribution >= 4 is 71.0 Å². The van der Waals surface area contributed by atoms with Crippen LogP contribution in [0.15, 0.2) is 4.99 Å². The molecule has 0 aromatic heterocycles. The van der Waals surface area contributed by atoms with E-state index in [0.717, 1.165) is 6.92 Å². The van der Waals surface area contributed by atoms with Crippen LogP contribution in [0.1, 0.15) is 106 Å². The summed E-state index contributed by atoms with van der Waals surface area (Å²) in [6.07, 6.45) is -2.14. The van der Waals surface area contributed by atoms with E-state index in [2.05, 4.69) is 52.8 Å². The number of nitrogens with two attached hydrogens (primary N) is 5.